The van der Waals surface area contributed by atoms with Gasteiger partial charge in [0.05, 0.1) is 0 Å². The molecule has 1 amide bonds. The Bertz CT molecular complexity index is 646. The molecule has 0 radical (unpaired) electrons. The van der Waals surface area contributed by atoms with E-state index in [-0.39, 0.29) is 36.4 Å². The summed E-state index contributed by atoms with van der Waals surface area (Å²) in [5.41, 5.74) is 1.27. The highest BCUT2D eigenvalue weighted by molar-refractivity contribution is 14.0. The third-order valence-electron chi connectivity index (χ3n) is 5.80. The first-order valence-corrected chi connectivity index (χ1v) is 10.7. The zero-order valence-corrected chi connectivity index (χ0v) is 20.1. The highest BCUT2D eigenvalue weighted by Crippen LogP contribution is 2.23. The molecule has 3 rings (SSSR count). The van der Waals surface area contributed by atoms with Crippen LogP contribution in [-0.4, -0.2) is 63.1 Å². The predicted molar refractivity (Wildman–Crippen MR) is 131 cm³/mol. The van der Waals surface area contributed by atoms with Gasteiger partial charge in [-0.15, -0.1) is 24.0 Å². The number of nitrogens with zero attached hydrogens (tertiary/aromatic N) is 3. The first-order chi connectivity index (χ1) is 13.6. The van der Waals surface area contributed by atoms with Gasteiger partial charge in [0.15, 0.2) is 5.96 Å². The van der Waals surface area contributed by atoms with E-state index in [0.717, 1.165) is 37.9 Å². The molecular formula is C22H36IN5O. The number of rotatable bonds is 6. The van der Waals surface area contributed by atoms with Gasteiger partial charge in [0.2, 0.25) is 5.91 Å². The maximum atomic E-state index is 12.0. The Balaban J connectivity index is 0.00000300. The molecule has 1 heterocycles. The normalized spacial score (nSPS) is 20.1. The van der Waals surface area contributed by atoms with E-state index in [1.165, 1.54) is 37.8 Å². The molecule has 162 valence electrons. The van der Waals surface area contributed by atoms with Crippen LogP contribution in [0.15, 0.2) is 35.3 Å². The molecule has 1 atom stereocenters. The van der Waals surface area contributed by atoms with Gasteiger partial charge in [0.1, 0.15) is 6.54 Å². The number of para-hydroxylation sites is 1. The molecule has 2 fully saturated rings. The first-order valence-electron chi connectivity index (χ1n) is 10.7. The third kappa shape index (κ3) is 7.68. The van der Waals surface area contributed by atoms with Crippen LogP contribution >= 0.6 is 24.0 Å². The van der Waals surface area contributed by atoms with Gasteiger partial charge in [-0.1, -0.05) is 37.5 Å². The van der Waals surface area contributed by atoms with E-state index in [2.05, 4.69) is 50.9 Å². The fourth-order valence-corrected chi connectivity index (χ4v) is 4.02. The van der Waals surface area contributed by atoms with Crippen molar-refractivity contribution < 1.29 is 4.79 Å². The summed E-state index contributed by atoms with van der Waals surface area (Å²) in [4.78, 5) is 20.6. The molecule has 1 unspecified atom stereocenters. The van der Waals surface area contributed by atoms with Crippen LogP contribution in [0.3, 0.4) is 0 Å². The lowest BCUT2D eigenvalue weighted by atomic mass is 9.89. The van der Waals surface area contributed by atoms with E-state index < -0.39 is 0 Å². The van der Waals surface area contributed by atoms with E-state index in [4.69, 9.17) is 0 Å². The number of carbonyl (C=O) groups excluding carboxylic acids is 1. The van der Waals surface area contributed by atoms with Gasteiger partial charge in [-0.05, 0) is 37.3 Å². The molecule has 2 N–H and O–H groups in total. The molecule has 1 saturated carbocycles. The largest absolute Gasteiger partial charge is 0.369 e. The van der Waals surface area contributed by atoms with Crippen LogP contribution < -0.4 is 15.5 Å². The number of amides is 1. The lowest BCUT2D eigenvalue weighted by Gasteiger charge is -2.24. The standard InChI is InChI=1S/C22H35N5O.HI/c1-26(2)21(28)16-24-22(23-15-18-9-5-3-6-10-18)25-19-13-14-27(17-19)20-11-7-4-8-12-20;/h4,7-8,11-12,18-19H,3,5-6,9-10,13-17H2,1-2H3,(H2,23,24,25);1H. The van der Waals surface area contributed by atoms with Crippen LogP contribution in [0.2, 0.25) is 0 Å². The van der Waals surface area contributed by atoms with Gasteiger partial charge in [0, 0.05) is 45.5 Å². The Morgan fingerprint density at radius 1 is 1.14 bits per heavy atom. The van der Waals surface area contributed by atoms with Crippen molar-refractivity contribution in [3.05, 3.63) is 30.3 Å². The molecule has 0 spiro atoms. The number of likely N-dealkylation sites (N-methyl/N-ethyl adjacent to an activating group) is 1. The minimum atomic E-state index is 0. The SMILES string of the molecule is CN(C)C(=O)CN=C(NCC1CCCCC1)NC1CCN(c2ccccc2)C1.I. The van der Waals surface area contributed by atoms with E-state index in [9.17, 15) is 4.79 Å². The van der Waals surface area contributed by atoms with Gasteiger partial charge >= 0.3 is 0 Å². The van der Waals surface area contributed by atoms with Crippen LogP contribution in [-0.2, 0) is 4.79 Å². The summed E-state index contributed by atoms with van der Waals surface area (Å²) in [6.07, 6.45) is 7.69. The molecule has 1 aromatic carbocycles. The summed E-state index contributed by atoms with van der Waals surface area (Å²) in [7, 11) is 3.55. The molecule has 0 aromatic heterocycles. The highest BCUT2D eigenvalue weighted by Gasteiger charge is 2.24. The van der Waals surface area contributed by atoms with E-state index >= 15 is 0 Å². The maximum absolute atomic E-state index is 12.0. The fraction of sp³-hybridized carbons (Fsp3) is 0.636. The Labute approximate surface area is 192 Å². The lowest BCUT2D eigenvalue weighted by Crippen LogP contribution is -2.46. The fourth-order valence-electron chi connectivity index (χ4n) is 4.02. The van der Waals surface area contributed by atoms with Crippen LogP contribution in [0.25, 0.3) is 0 Å². The smallest absolute Gasteiger partial charge is 0.243 e. The van der Waals surface area contributed by atoms with E-state index in [0.29, 0.717) is 6.04 Å². The van der Waals surface area contributed by atoms with Gasteiger partial charge in [0.25, 0.3) is 0 Å². The van der Waals surface area contributed by atoms with Crippen molar-refractivity contribution >= 4 is 41.5 Å². The van der Waals surface area contributed by atoms with Crippen LogP contribution in [0, 0.1) is 5.92 Å². The Kier molecular flexibility index (Phi) is 10.0. The van der Waals surface area contributed by atoms with Crippen LogP contribution in [0.4, 0.5) is 5.69 Å². The third-order valence-corrected chi connectivity index (χ3v) is 5.80. The quantitative estimate of drug-likeness (QED) is 0.349. The summed E-state index contributed by atoms with van der Waals surface area (Å²) < 4.78 is 0. The lowest BCUT2D eigenvalue weighted by molar-refractivity contribution is -0.127. The van der Waals surface area contributed by atoms with Gasteiger partial charge in [-0.25, -0.2) is 4.99 Å². The van der Waals surface area contributed by atoms with Crippen molar-refractivity contribution in [3.63, 3.8) is 0 Å². The zero-order chi connectivity index (χ0) is 19.8. The average molecular weight is 513 g/mol. The monoisotopic (exact) mass is 513 g/mol. The Morgan fingerprint density at radius 3 is 2.55 bits per heavy atom. The number of nitrogens with one attached hydrogen (secondary N) is 2. The number of anilines is 1. The van der Waals surface area contributed by atoms with Crippen molar-refractivity contribution in [3.8, 4) is 0 Å². The molecule has 1 aliphatic heterocycles. The molecule has 1 saturated heterocycles. The van der Waals surface area contributed by atoms with Gasteiger partial charge in [-0.2, -0.15) is 0 Å². The number of hydrogen-bond acceptors (Lipinski definition) is 3. The summed E-state index contributed by atoms with van der Waals surface area (Å²) >= 11 is 0. The van der Waals surface area contributed by atoms with Gasteiger partial charge in [-0.3, -0.25) is 4.79 Å². The average Bonchev–Trinajstić information content (AvgIpc) is 3.19. The summed E-state index contributed by atoms with van der Waals surface area (Å²) in [6, 6.07) is 10.9. The number of guanidine groups is 1. The number of halogens is 1. The number of hydrogen-bond donors (Lipinski definition) is 2. The van der Waals surface area contributed by atoms with Crippen molar-refractivity contribution in [1.82, 2.24) is 15.5 Å². The molecule has 1 aromatic rings. The van der Waals surface area contributed by atoms with Crippen LogP contribution in [0.5, 0.6) is 0 Å². The second-order valence-electron chi connectivity index (χ2n) is 8.25. The topological polar surface area (TPSA) is 60.0 Å². The summed E-state index contributed by atoms with van der Waals surface area (Å²) in [5, 5.41) is 7.09. The molecule has 6 nitrogen and oxygen atoms in total. The van der Waals surface area contributed by atoms with Gasteiger partial charge < -0.3 is 20.4 Å². The summed E-state index contributed by atoms with van der Waals surface area (Å²) in [5.74, 6) is 1.52. The zero-order valence-electron chi connectivity index (χ0n) is 17.8. The minimum Gasteiger partial charge on any atom is -0.369 e. The second kappa shape index (κ2) is 12.2. The molecule has 1 aliphatic carbocycles. The molecular weight excluding hydrogens is 477 g/mol. The maximum Gasteiger partial charge on any atom is 0.243 e. The molecule has 2 aliphatic rings. The first kappa shape index (κ1) is 23.8. The number of aliphatic imine (C=N–C) groups is 1. The van der Waals surface area contributed by atoms with Crippen molar-refractivity contribution in [2.75, 3.05) is 45.2 Å². The van der Waals surface area contributed by atoms with E-state index in [1.807, 2.05) is 0 Å². The van der Waals surface area contributed by atoms with E-state index in [1.54, 1.807) is 19.0 Å². The highest BCUT2D eigenvalue weighted by atomic mass is 127. The molecule has 29 heavy (non-hydrogen) atoms. The number of carbonyl (C=O) groups is 1. The molecule has 7 heteroatoms. The summed E-state index contributed by atoms with van der Waals surface area (Å²) in [6.45, 7) is 3.11. The van der Waals surface area contributed by atoms with Crippen molar-refractivity contribution in [2.45, 2.75) is 44.6 Å². The predicted octanol–water partition coefficient (Wildman–Crippen LogP) is 3.09. The van der Waals surface area contributed by atoms with Crippen molar-refractivity contribution in [1.29, 1.82) is 0 Å². The minimum absolute atomic E-state index is 0. The Hall–Kier alpha value is -1.51. The second-order valence-corrected chi connectivity index (χ2v) is 8.25. The van der Waals surface area contributed by atoms with Crippen molar-refractivity contribution in [2.24, 2.45) is 10.9 Å². The van der Waals surface area contributed by atoms with Crippen LogP contribution in [0.1, 0.15) is 38.5 Å². The number of benzene rings is 1. The molecule has 0 bridgehead atoms. The Morgan fingerprint density at radius 2 is 1.86 bits per heavy atom.